The van der Waals surface area contributed by atoms with E-state index in [1.165, 1.54) is 0 Å². The lowest BCUT2D eigenvalue weighted by Crippen LogP contribution is -2.24. The van der Waals surface area contributed by atoms with Crippen molar-refractivity contribution in [3.63, 3.8) is 0 Å². The van der Waals surface area contributed by atoms with Crippen LogP contribution in [0, 0.1) is 0 Å². The number of rotatable bonds is 3. The average Bonchev–Trinajstić information content (AvgIpc) is 2.61. The van der Waals surface area contributed by atoms with E-state index in [2.05, 4.69) is 0 Å². The Bertz CT molecular complexity index is 427. The molecule has 0 bridgehead atoms. The highest BCUT2D eigenvalue weighted by Gasteiger charge is 2.20. The van der Waals surface area contributed by atoms with Crippen LogP contribution in [0.25, 0.3) is 0 Å². The molecule has 1 heterocycles. The number of benzene rings is 1. The smallest absolute Gasteiger partial charge is 0.119 e. The predicted octanol–water partition coefficient (Wildman–Crippen LogP) is 3.41. The molecule has 0 aliphatic carbocycles. The van der Waals surface area contributed by atoms with Gasteiger partial charge in [0.05, 0.1) is 13.2 Å². The first-order valence-electron chi connectivity index (χ1n) is 5.11. The van der Waals surface area contributed by atoms with Gasteiger partial charge < -0.3 is 9.64 Å². The zero-order valence-electron chi connectivity index (χ0n) is 8.94. The van der Waals surface area contributed by atoms with Gasteiger partial charge in [-0.3, -0.25) is 0 Å². The Morgan fingerprint density at radius 3 is 2.69 bits per heavy atom. The van der Waals surface area contributed by atoms with Crippen molar-refractivity contribution in [2.24, 2.45) is 0 Å². The fourth-order valence-corrected chi connectivity index (χ4v) is 2.03. The average molecular weight is 254 g/mol. The van der Waals surface area contributed by atoms with Crippen molar-refractivity contribution in [3.05, 3.63) is 41.1 Å². The van der Waals surface area contributed by atoms with Crippen LogP contribution in [0.1, 0.15) is 6.92 Å². The van der Waals surface area contributed by atoms with Gasteiger partial charge in [0.2, 0.25) is 0 Å². The van der Waals surface area contributed by atoms with Crippen molar-refractivity contribution in [2.45, 2.75) is 6.92 Å². The molecule has 1 aromatic carbocycles. The van der Waals surface area contributed by atoms with Crippen LogP contribution in [0.2, 0.25) is 5.02 Å². The Morgan fingerprint density at radius 1 is 1.38 bits per heavy atom. The van der Waals surface area contributed by atoms with Crippen molar-refractivity contribution in [2.75, 3.05) is 18.1 Å². The third kappa shape index (κ3) is 2.36. The van der Waals surface area contributed by atoms with E-state index in [1.54, 1.807) is 0 Å². The quantitative estimate of drug-likeness (QED) is 0.766. The minimum Gasteiger partial charge on any atom is -0.496 e. The van der Waals surface area contributed by atoms with Crippen LogP contribution in [-0.4, -0.2) is 18.1 Å². The molecule has 2 rings (SSSR count). The van der Waals surface area contributed by atoms with E-state index in [0.717, 1.165) is 21.5 Å². The van der Waals surface area contributed by atoms with Crippen molar-refractivity contribution >= 4 is 34.5 Å². The topological polar surface area (TPSA) is 12.5 Å². The third-order valence-corrected chi connectivity index (χ3v) is 2.92. The zero-order valence-corrected chi connectivity index (χ0v) is 10.5. The van der Waals surface area contributed by atoms with E-state index >= 15 is 0 Å². The molecule has 0 amide bonds. The standard InChI is InChI=1S/C12H12ClNOS/c1-2-15-11-7-12(16)14(8-11)10-5-3-9(13)4-6-10/h3-7H,2,8H2,1H3. The molecule has 0 atom stereocenters. The summed E-state index contributed by atoms with van der Waals surface area (Å²) in [5.74, 6) is 0.919. The van der Waals surface area contributed by atoms with Crippen LogP contribution in [-0.2, 0) is 4.74 Å². The summed E-state index contributed by atoms with van der Waals surface area (Å²) in [7, 11) is 0. The van der Waals surface area contributed by atoms with Crippen LogP contribution in [0.4, 0.5) is 5.69 Å². The van der Waals surface area contributed by atoms with Gasteiger partial charge in [0.25, 0.3) is 0 Å². The van der Waals surface area contributed by atoms with Gasteiger partial charge in [-0.2, -0.15) is 0 Å². The molecular formula is C12H12ClNOS. The largest absolute Gasteiger partial charge is 0.496 e. The van der Waals surface area contributed by atoms with Gasteiger partial charge in [-0.25, -0.2) is 0 Å². The molecule has 0 fully saturated rings. The Hall–Kier alpha value is -1.06. The third-order valence-electron chi connectivity index (χ3n) is 2.33. The molecule has 0 unspecified atom stereocenters. The Morgan fingerprint density at radius 2 is 2.06 bits per heavy atom. The maximum absolute atomic E-state index is 5.84. The molecule has 0 saturated carbocycles. The molecular weight excluding hydrogens is 242 g/mol. The molecule has 0 radical (unpaired) electrons. The minimum atomic E-state index is 0.670. The lowest BCUT2D eigenvalue weighted by atomic mass is 10.3. The van der Waals surface area contributed by atoms with Gasteiger partial charge in [0.1, 0.15) is 10.7 Å². The first kappa shape index (κ1) is 11.4. The van der Waals surface area contributed by atoms with Crippen LogP contribution in [0.15, 0.2) is 36.1 Å². The Kier molecular flexibility index (Phi) is 3.46. The second-order valence-corrected chi connectivity index (χ2v) is 4.30. The number of anilines is 1. The van der Waals surface area contributed by atoms with Crippen LogP contribution >= 0.6 is 23.8 Å². The molecule has 1 aliphatic heterocycles. The Labute approximate surface area is 105 Å². The second kappa shape index (κ2) is 4.85. The van der Waals surface area contributed by atoms with Crippen LogP contribution in [0.5, 0.6) is 0 Å². The Balaban J connectivity index is 2.14. The van der Waals surface area contributed by atoms with Gasteiger partial charge in [-0.1, -0.05) is 23.8 Å². The van der Waals surface area contributed by atoms with Gasteiger partial charge in [0, 0.05) is 16.8 Å². The molecule has 0 aromatic heterocycles. The second-order valence-electron chi connectivity index (χ2n) is 3.44. The van der Waals surface area contributed by atoms with Crippen LogP contribution in [0.3, 0.4) is 0 Å². The van der Waals surface area contributed by atoms with Gasteiger partial charge in [0.15, 0.2) is 0 Å². The summed E-state index contributed by atoms with van der Waals surface area (Å²) < 4.78 is 5.45. The fourth-order valence-electron chi connectivity index (χ4n) is 1.61. The van der Waals surface area contributed by atoms with E-state index in [4.69, 9.17) is 28.6 Å². The highest BCUT2D eigenvalue weighted by Crippen LogP contribution is 2.24. The summed E-state index contributed by atoms with van der Waals surface area (Å²) in [6.45, 7) is 3.34. The molecule has 0 N–H and O–H groups in total. The molecule has 16 heavy (non-hydrogen) atoms. The summed E-state index contributed by atoms with van der Waals surface area (Å²) in [5, 5.41) is 0.729. The molecule has 1 aliphatic rings. The fraction of sp³-hybridized carbons (Fsp3) is 0.250. The highest BCUT2D eigenvalue weighted by atomic mass is 35.5. The van der Waals surface area contributed by atoms with E-state index in [0.29, 0.717) is 13.2 Å². The maximum atomic E-state index is 5.84. The molecule has 0 saturated heterocycles. The summed E-state index contributed by atoms with van der Waals surface area (Å²) in [5.41, 5.74) is 1.04. The lowest BCUT2D eigenvalue weighted by molar-refractivity contribution is 0.229. The van der Waals surface area contributed by atoms with Gasteiger partial charge in [-0.15, -0.1) is 0 Å². The van der Waals surface area contributed by atoms with Crippen molar-refractivity contribution < 1.29 is 4.74 Å². The van der Waals surface area contributed by atoms with E-state index < -0.39 is 0 Å². The molecule has 84 valence electrons. The SMILES string of the molecule is CCOC1=CC(=S)N(c2ccc(Cl)cc2)C1. The first-order chi connectivity index (χ1) is 7.70. The number of hydrogen-bond donors (Lipinski definition) is 0. The maximum Gasteiger partial charge on any atom is 0.119 e. The monoisotopic (exact) mass is 253 g/mol. The van der Waals surface area contributed by atoms with E-state index in [9.17, 15) is 0 Å². The normalized spacial score (nSPS) is 15.2. The van der Waals surface area contributed by atoms with Crippen molar-refractivity contribution in [1.29, 1.82) is 0 Å². The summed E-state index contributed by atoms with van der Waals surface area (Å²) in [6, 6.07) is 7.63. The molecule has 2 nitrogen and oxygen atoms in total. The molecule has 1 aromatic rings. The summed E-state index contributed by atoms with van der Waals surface area (Å²) in [6.07, 6.45) is 1.90. The number of hydrogen-bond acceptors (Lipinski definition) is 2. The number of nitrogens with zero attached hydrogens (tertiary/aromatic N) is 1. The van der Waals surface area contributed by atoms with E-state index in [1.807, 2.05) is 42.2 Å². The van der Waals surface area contributed by atoms with Crippen molar-refractivity contribution in [3.8, 4) is 0 Å². The van der Waals surface area contributed by atoms with Gasteiger partial charge >= 0.3 is 0 Å². The lowest BCUT2D eigenvalue weighted by Gasteiger charge is -2.18. The minimum absolute atomic E-state index is 0.670. The van der Waals surface area contributed by atoms with Crippen LogP contribution < -0.4 is 4.90 Å². The number of ether oxygens (including phenoxy) is 1. The van der Waals surface area contributed by atoms with Gasteiger partial charge in [-0.05, 0) is 31.2 Å². The number of halogens is 1. The van der Waals surface area contributed by atoms with E-state index in [-0.39, 0.29) is 0 Å². The van der Waals surface area contributed by atoms with Crippen molar-refractivity contribution in [1.82, 2.24) is 0 Å². The summed E-state index contributed by atoms with van der Waals surface area (Å²) >= 11 is 11.1. The molecule has 0 spiro atoms. The molecule has 4 heteroatoms. The predicted molar refractivity (Wildman–Crippen MR) is 71.1 cm³/mol. The zero-order chi connectivity index (χ0) is 11.5. The first-order valence-corrected chi connectivity index (χ1v) is 5.89. The number of thiocarbonyl (C=S) groups is 1. The summed E-state index contributed by atoms with van der Waals surface area (Å²) in [4.78, 5) is 2.81. The highest BCUT2D eigenvalue weighted by molar-refractivity contribution is 7.81.